The summed E-state index contributed by atoms with van der Waals surface area (Å²) in [6, 6.07) is 16.8. The highest BCUT2D eigenvalue weighted by Gasteiger charge is 2.22. The van der Waals surface area contributed by atoms with Gasteiger partial charge in [-0.3, -0.25) is 0 Å². The van der Waals surface area contributed by atoms with E-state index in [9.17, 15) is 15.0 Å². The molecule has 0 amide bonds. The molecule has 3 N–H and O–H groups in total. The van der Waals surface area contributed by atoms with Crippen LogP contribution in [0.25, 0.3) is 33.5 Å². The van der Waals surface area contributed by atoms with E-state index in [0.717, 1.165) is 16.7 Å². The summed E-state index contributed by atoms with van der Waals surface area (Å²) in [6.45, 7) is 1.76. The minimum absolute atomic E-state index is 0.211. The normalized spacial score (nSPS) is 15.6. The SMILES string of the molecule is CC1=C(C(=O)O)CC(Oc2nc3nc(-c4ccc(-c5cccc(O)c5)cc4)c(Cl)cc3[nH]2)C=C1. The van der Waals surface area contributed by atoms with E-state index in [4.69, 9.17) is 16.3 Å². The third kappa shape index (κ3) is 4.25. The standard InChI is InChI=1S/C26H20ClN3O4/c1-14-5-10-19(12-20(14)25(32)33)34-26-28-22-13-21(27)23(29-24(22)30-26)16-8-6-15(7-9-16)17-3-2-4-18(31)11-17/h2-11,13,19,31H,12H2,1H3,(H,32,33)(H,28,29,30). The summed E-state index contributed by atoms with van der Waals surface area (Å²) >= 11 is 6.52. The number of phenolic OH excluding ortho intramolecular Hbond substituents is 1. The lowest BCUT2D eigenvalue weighted by molar-refractivity contribution is -0.133. The molecule has 1 atom stereocenters. The number of aliphatic carboxylic acids is 1. The van der Waals surface area contributed by atoms with Gasteiger partial charge in [0.1, 0.15) is 11.9 Å². The van der Waals surface area contributed by atoms with Crippen LogP contribution in [0.4, 0.5) is 0 Å². The van der Waals surface area contributed by atoms with E-state index < -0.39 is 12.1 Å². The third-order valence-corrected chi connectivity index (χ3v) is 5.99. The van der Waals surface area contributed by atoms with E-state index in [0.29, 0.717) is 33.0 Å². The summed E-state index contributed by atoms with van der Waals surface area (Å²) in [6.07, 6.45) is 3.36. The number of halogens is 1. The molecule has 0 saturated heterocycles. The van der Waals surface area contributed by atoms with Crippen molar-refractivity contribution in [2.45, 2.75) is 19.4 Å². The number of ether oxygens (including phenoxy) is 1. The van der Waals surface area contributed by atoms with Crippen molar-refractivity contribution >= 4 is 28.7 Å². The van der Waals surface area contributed by atoms with Crippen molar-refractivity contribution in [3.63, 3.8) is 0 Å². The van der Waals surface area contributed by atoms with E-state index in [1.807, 2.05) is 36.4 Å². The maximum absolute atomic E-state index is 11.4. The van der Waals surface area contributed by atoms with Gasteiger partial charge in [0.25, 0.3) is 6.01 Å². The number of hydrogen-bond acceptors (Lipinski definition) is 5. The van der Waals surface area contributed by atoms with Gasteiger partial charge in [-0.15, -0.1) is 0 Å². The fraction of sp³-hybridized carbons (Fsp3) is 0.115. The molecule has 0 aliphatic heterocycles. The number of carboxylic acid groups (broad SMARTS) is 1. The summed E-state index contributed by atoms with van der Waals surface area (Å²) in [7, 11) is 0. The van der Waals surface area contributed by atoms with Gasteiger partial charge in [0.05, 0.1) is 16.2 Å². The van der Waals surface area contributed by atoms with Crippen molar-refractivity contribution in [2.24, 2.45) is 0 Å². The molecule has 0 spiro atoms. The lowest BCUT2D eigenvalue weighted by Crippen LogP contribution is -2.21. The Morgan fingerprint density at radius 3 is 2.59 bits per heavy atom. The van der Waals surface area contributed by atoms with Gasteiger partial charge < -0.3 is 19.9 Å². The number of benzene rings is 2. The maximum Gasteiger partial charge on any atom is 0.331 e. The zero-order chi connectivity index (χ0) is 23.8. The number of hydrogen-bond donors (Lipinski definition) is 3. The zero-order valence-electron chi connectivity index (χ0n) is 18.1. The van der Waals surface area contributed by atoms with Crippen molar-refractivity contribution in [2.75, 3.05) is 0 Å². The minimum Gasteiger partial charge on any atom is -0.508 e. The van der Waals surface area contributed by atoms with Gasteiger partial charge in [0.15, 0.2) is 5.65 Å². The maximum atomic E-state index is 11.4. The molecule has 4 aromatic rings. The molecule has 0 fully saturated rings. The average molecular weight is 474 g/mol. The van der Waals surface area contributed by atoms with Crippen molar-refractivity contribution in [1.82, 2.24) is 15.0 Å². The summed E-state index contributed by atoms with van der Waals surface area (Å²) in [5.74, 6) is -0.740. The number of pyridine rings is 1. The molecule has 7 nitrogen and oxygen atoms in total. The van der Waals surface area contributed by atoms with Gasteiger partial charge in [0, 0.05) is 17.6 Å². The number of imidazole rings is 1. The first-order valence-corrected chi connectivity index (χ1v) is 11.0. The number of phenols is 1. The molecule has 1 unspecified atom stereocenters. The van der Waals surface area contributed by atoms with Crippen molar-refractivity contribution in [3.05, 3.63) is 82.9 Å². The molecule has 0 saturated carbocycles. The Kier molecular flexibility index (Phi) is 5.55. The second-order valence-electron chi connectivity index (χ2n) is 8.05. The van der Waals surface area contributed by atoms with Crippen LogP contribution in [0.2, 0.25) is 5.02 Å². The summed E-state index contributed by atoms with van der Waals surface area (Å²) in [5.41, 5.74) is 5.36. The van der Waals surface area contributed by atoms with Gasteiger partial charge in [-0.05, 0) is 47.9 Å². The molecule has 2 aromatic heterocycles. The van der Waals surface area contributed by atoms with Crippen LogP contribution in [-0.2, 0) is 4.79 Å². The van der Waals surface area contributed by atoms with E-state index in [1.165, 1.54) is 0 Å². The Balaban J connectivity index is 1.40. The number of carbonyl (C=O) groups is 1. The quantitative estimate of drug-likeness (QED) is 0.340. The molecular weight excluding hydrogens is 454 g/mol. The number of rotatable bonds is 5. The smallest absolute Gasteiger partial charge is 0.331 e. The van der Waals surface area contributed by atoms with Crippen LogP contribution in [-0.4, -0.2) is 37.2 Å². The molecular formula is C26H20ClN3O4. The van der Waals surface area contributed by atoms with Gasteiger partial charge in [-0.25, -0.2) is 9.78 Å². The molecule has 5 rings (SSSR count). The number of aromatic hydroxyl groups is 1. The van der Waals surface area contributed by atoms with Crippen molar-refractivity contribution in [3.8, 4) is 34.1 Å². The summed E-state index contributed by atoms with van der Waals surface area (Å²) in [5, 5.41) is 19.5. The first kappa shape index (κ1) is 21.7. The van der Waals surface area contributed by atoms with E-state index in [1.54, 1.807) is 37.3 Å². The molecule has 2 aromatic carbocycles. The third-order valence-electron chi connectivity index (χ3n) is 5.71. The van der Waals surface area contributed by atoms with Crippen LogP contribution in [0.3, 0.4) is 0 Å². The molecule has 0 bridgehead atoms. The molecule has 0 radical (unpaired) electrons. The van der Waals surface area contributed by atoms with Crippen LogP contribution in [0.1, 0.15) is 13.3 Å². The number of nitrogens with zero attached hydrogens (tertiary/aromatic N) is 2. The lowest BCUT2D eigenvalue weighted by atomic mass is 9.97. The van der Waals surface area contributed by atoms with Crippen molar-refractivity contribution in [1.29, 1.82) is 0 Å². The highest BCUT2D eigenvalue weighted by molar-refractivity contribution is 6.33. The second-order valence-corrected chi connectivity index (χ2v) is 8.45. The first-order chi connectivity index (χ1) is 16.4. The Morgan fingerprint density at radius 1 is 1.09 bits per heavy atom. The number of H-pyrrole nitrogens is 1. The molecule has 34 heavy (non-hydrogen) atoms. The highest BCUT2D eigenvalue weighted by atomic mass is 35.5. The highest BCUT2D eigenvalue weighted by Crippen LogP contribution is 2.32. The Morgan fingerprint density at radius 2 is 1.85 bits per heavy atom. The Labute approximate surface area is 200 Å². The first-order valence-electron chi connectivity index (χ1n) is 10.6. The average Bonchev–Trinajstić information content (AvgIpc) is 3.20. The van der Waals surface area contributed by atoms with Crippen LogP contribution >= 0.6 is 11.6 Å². The molecule has 1 aliphatic carbocycles. The topological polar surface area (TPSA) is 108 Å². The largest absolute Gasteiger partial charge is 0.508 e. The van der Waals surface area contributed by atoms with Gasteiger partial charge in [-0.2, -0.15) is 4.98 Å². The van der Waals surface area contributed by atoms with Gasteiger partial charge in [0.2, 0.25) is 0 Å². The predicted molar refractivity (Wildman–Crippen MR) is 130 cm³/mol. The van der Waals surface area contributed by atoms with Crippen LogP contribution in [0, 0.1) is 0 Å². The number of aromatic nitrogens is 3. The molecule has 170 valence electrons. The number of aromatic amines is 1. The van der Waals surface area contributed by atoms with Gasteiger partial charge in [-0.1, -0.05) is 54.1 Å². The fourth-order valence-electron chi connectivity index (χ4n) is 3.92. The number of carboxylic acids is 1. The van der Waals surface area contributed by atoms with E-state index >= 15 is 0 Å². The zero-order valence-corrected chi connectivity index (χ0v) is 18.9. The monoisotopic (exact) mass is 473 g/mol. The van der Waals surface area contributed by atoms with Crippen molar-refractivity contribution < 1.29 is 19.7 Å². The predicted octanol–water partition coefficient (Wildman–Crippen LogP) is 5.76. The Bertz CT molecular complexity index is 1470. The molecule has 1 aliphatic rings. The minimum atomic E-state index is -0.951. The Hall–Kier alpha value is -4.10. The lowest BCUT2D eigenvalue weighted by Gasteiger charge is -2.18. The van der Waals surface area contributed by atoms with E-state index in [-0.39, 0.29) is 18.2 Å². The van der Waals surface area contributed by atoms with Gasteiger partial charge >= 0.3 is 5.97 Å². The second kappa shape index (κ2) is 8.68. The fourth-order valence-corrected chi connectivity index (χ4v) is 4.18. The van der Waals surface area contributed by atoms with E-state index in [2.05, 4.69) is 15.0 Å². The van der Waals surface area contributed by atoms with Crippen LogP contribution < -0.4 is 4.74 Å². The number of allylic oxidation sites excluding steroid dienone is 2. The summed E-state index contributed by atoms with van der Waals surface area (Å²) < 4.78 is 5.87. The van der Waals surface area contributed by atoms with Crippen LogP contribution in [0.15, 0.2) is 77.9 Å². The molecule has 8 heteroatoms. The summed E-state index contributed by atoms with van der Waals surface area (Å²) in [4.78, 5) is 23.5. The number of nitrogens with one attached hydrogen (secondary N) is 1. The molecule has 2 heterocycles. The van der Waals surface area contributed by atoms with Crippen LogP contribution in [0.5, 0.6) is 11.8 Å². The number of fused-ring (bicyclic) bond motifs is 1.